The lowest BCUT2D eigenvalue weighted by molar-refractivity contribution is 0.0526. The van der Waals surface area contributed by atoms with Gasteiger partial charge in [-0.05, 0) is 43.3 Å². The fourth-order valence-electron chi connectivity index (χ4n) is 2.33. The highest BCUT2D eigenvalue weighted by molar-refractivity contribution is 6.04. The SMILES string of the molecule is CCOC(=O)c1ccc(Nc2ncc(C(=O)Nc3ccc(F)cc3F)cn2)cc1. The Balaban J connectivity index is 1.63. The largest absolute Gasteiger partial charge is 0.462 e. The van der Waals surface area contributed by atoms with Crippen LogP contribution < -0.4 is 10.6 Å². The van der Waals surface area contributed by atoms with E-state index in [1.807, 2.05) is 0 Å². The fourth-order valence-corrected chi connectivity index (χ4v) is 2.33. The smallest absolute Gasteiger partial charge is 0.338 e. The summed E-state index contributed by atoms with van der Waals surface area (Å²) in [4.78, 5) is 31.9. The Morgan fingerprint density at radius 2 is 1.69 bits per heavy atom. The van der Waals surface area contributed by atoms with E-state index in [4.69, 9.17) is 4.74 Å². The van der Waals surface area contributed by atoms with Crippen LogP contribution in [0.15, 0.2) is 54.9 Å². The highest BCUT2D eigenvalue weighted by Gasteiger charge is 2.12. The number of hydrogen-bond acceptors (Lipinski definition) is 6. The van der Waals surface area contributed by atoms with Gasteiger partial charge in [-0.15, -0.1) is 0 Å². The van der Waals surface area contributed by atoms with Gasteiger partial charge in [-0.2, -0.15) is 0 Å². The van der Waals surface area contributed by atoms with E-state index in [1.54, 1.807) is 31.2 Å². The fraction of sp³-hybridized carbons (Fsp3) is 0.100. The topological polar surface area (TPSA) is 93.2 Å². The molecule has 0 aliphatic carbocycles. The lowest BCUT2D eigenvalue weighted by Crippen LogP contribution is -2.14. The first-order valence-electron chi connectivity index (χ1n) is 8.59. The predicted molar refractivity (Wildman–Crippen MR) is 102 cm³/mol. The van der Waals surface area contributed by atoms with E-state index in [-0.39, 0.29) is 17.2 Å². The number of hydrogen-bond donors (Lipinski definition) is 2. The van der Waals surface area contributed by atoms with Gasteiger partial charge in [0.1, 0.15) is 11.6 Å². The lowest BCUT2D eigenvalue weighted by atomic mass is 10.2. The van der Waals surface area contributed by atoms with Crippen molar-refractivity contribution >= 4 is 29.2 Å². The van der Waals surface area contributed by atoms with Crippen molar-refractivity contribution < 1.29 is 23.1 Å². The Kier molecular flexibility index (Phi) is 6.08. The summed E-state index contributed by atoms with van der Waals surface area (Å²) in [5, 5.41) is 5.25. The molecule has 29 heavy (non-hydrogen) atoms. The second-order valence-corrected chi connectivity index (χ2v) is 5.80. The lowest BCUT2D eigenvalue weighted by Gasteiger charge is -2.08. The van der Waals surface area contributed by atoms with Gasteiger partial charge in [0.25, 0.3) is 5.91 Å². The molecular weight excluding hydrogens is 382 g/mol. The molecule has 0 fully saturated rings. The molecule has 0 bridgehead atoms. The van der Waals surface area contributed by atoms with Crippen molar-refractivity contribution in [3.8, 4) is 0 Å². The molecule has 2 aromatic carbocycles. The molecule has 0 spiro atoms. The molecule has 0 saturated carbocycles. The monoisotopic (exact) mass is 398 g/mol. The Bertz CT molecular complexity index is 1020. The van der Waals surface area contributed by atoms with Crippen molar-refractivity contribution in [3.05, 3.63) is 77.6 Å². The van der Waals surface area contributed by atoms with E-state index in [0.29, 0.717) is 23.9 Å². The van der Waals surface area contributed by atoms with Gasteiger partial charge in [-0.1, -0.05) is 0 Å². The number of anilines is 3. The van der Waals surface area contributed by atoms with Crippen molar-refractivity contribution in [3.63, 3.8) is 0 Å². The molecule has 0 aliphatic rings. The molecule has 0 aliphatic heterocycles. The van der Waals surface area contributed by atoms with Gasteiger partial charge in [0.05, 0.1) is 23.4 Å². The van der Waals surface area contributed by atoms with Crippen LogP contribution in [0.1, 0.15) is 27.6 Å². The number of carbonyl (C=O) groups excluding carboxylic acids is 2. The van der Waals surface area contributed by atoms with Crippen molar-refractivity contribution in [2.45, 2.75) is 6.92 Å². The molecule has 3 rings (SSSR count). The zero-order chi connectivity index (χ0) is 20.8. The van der Waals surface area contributed by atoms with Gasteiger partial charge in [0.2, 0.25) is 5.95 Å². The molecule has 0 radical (unpaired) electrons. The first-order chi connectivity index (χ1) is 14.0. The van der Waals surface area contributed by atoms with E-state index in [9.17, 15) is 18.4 Å². The molecule has 0 saturated heterocycles. The summed E-state index contributed by atoms with van der Waals surface area (Å²) in [6.45, 7) is 2.02. The molecule has 3 aromatic rings. The van der Waals surface area contributed by atoms with Crippen LogP contribution in [0.5, 0.6) is 0 Å². The van der Waals surface area contributed by atoms with Crippen LogP contribution in [0, 0.1) is 11.6 Å². The third kappa shape index (κ3) is 5.10. The number of ether oxygens (including phenoxy) is 1. The summed E-state index contributed by atoms with van der Waals surface area (Å²) < 4.78 is 31.5. The van der Waals surface area contributed by atoms with E-state index < -0.39 is 23.5 Å². The first-order valence-corrected chi connectivity index (χ1v) is 8.59. The zero-order valence-electron chi connectivity index (χ0n) is 15.3. The summed E-state index contributed by atoms with van der Waals surface area (Å²) in [5.74, 6) is -2.46. The number of benzene rings is 2. The predicted octanol–water partition coefficient (Wildman–Crippen LogP) is 3.93. The maximum atomic E-state index is 13.6. The van der Waals surface area contributed by atoms with Gasteiger partial charge in [-0.25, -0.2) is 23.5 Å². The molecule has 9 heteroatoms. The van der Waals surface area contributed by atoms with E-state index in [1.165, 1.54) is 12.4 Å². The summed E-state index contributed by atoms with van der Waals surface area (Å²) in [7, 11) is 0. The molecule has 2 N–H and O–H groups in total. The third-order valence-electron chi connectivity index (χ3n) is 3.75. The molecule has 0 atom stereocenters. The highest BCUT2D eigenvalue weighted by atomic mass is 19.1. The van der Waals surface area contributed by atoms with Crippen LogP contribution in [0.2, 0.25) is 0 Å². The number of carbonyl (C=O) groups is 2. The van der Waals surface area contributed by atoms with Gasteiger partial charge in [-0.3, -0.25) is 4.79 Å². The minimum atomic E-state index is -0.885. The normalized spacial score (nSPS) is 10.3. The molecule has 148 valence electrons. The number of amides is 1. The van der Waals surface area contributed by atoms with E-state index in [0.717, 1.165) is 12.1 Å². The number of halogens is 2. The number of rotatable bonds is 6. The number of aromatic nitrogens is 2. The Labute approximate surface area is 164 Å². The van der Waals surface area contributed by atoms with Gasteiger partial charge >= 0.3 is 5.97 Å². The summed E-state index contributed by atoms with van der Waals surface area (Å²) in [5.41, 5.74) is 0.985. The van der Waals surface area contributed by atoms with Crippen LogP contribution in [-0.4, -0.2) is 28.5 Å². The summed E-state index contributed by atoms with van der Waals surface area (Å²) in [6.07, 6.45) is 2.53. The quantitative estimate of drug-likeness (QED) is 0.611. The number of esters is 1. The van der Waals surface area contributed by atoms with E-state index >= 15 is 0 Å². The Hall–Kier alpha value is -3.88. The maximum absolute atomic E-state index is 13.6. The van der Waals surface area contributed by atoms with Gasteiger partial charge in [0.15, 0.2) is 0 Å². The minimum absolute atomic E-state index is 0.0944. The number of nitrogens with one attached hydrogen (secondary N) is 2. The van der Waals surface area contributed by atoms with Crippen LogP contribution in [0.3, 0.4) is 0 Å². The van der Waals surface area contributed by atoms with Crippen LogP contribution in [-0.2, 0) is 4.74 Å². The zero-order valence-corrected chi connectivity index (χ0v) is 15.3. The first kappa shape index (κ1) is 19.9. The van der Waals surface area contributed by atoms with Crippen molar-refractivity contribution in [1.82, 2.24) is 9.97 Å². The summed E-state index contributed by atoms with van der Waals surface area (Å²) in [6, 6.07) is 9.35. The molecule has 1 amide bonds. The van der Waals surface area contributed by atoms with Crippen molar-refractivity contribution in [1.29, 1.82) is 0 Å². The van der Waals surface area contributed by atoms with E-state index in [2.05, 4.69) is 20.6 Å². The average Bonchev–Trinajstić information content (AvgIpc) is 2.71. The van der Waals surface area contributed by atoms with Gasteiger partial charge in [0, 0.05) is 24.1 Å². The van der Waals surface area contributed by atoms with Gasteiger partial charge < -0.3 is 15.4 Å². The molecule has 7 nitrogen and oxygen atoms in total. The highest BCUT2D eigenvalue weighted by Crippen LogP contribution is 2.17. The molecular formula is C20H16F2N4O3. The molecule has 0 unspecified atom stereocenters. The van der Waals surface area contributed by atoms with Crippen molar-refractivity contribution in [2.24, 2.45) is 0 Å². The Morgan fingerprint density at radius 1 is 1.00 bits per heavy atom. The second-order valence-electron chi connectivity index (χ2n) is 5.80. The second kappa shape index (κ2) is 8.87. The molecule has 1 aromatic heterocycles. The minimum Gasteiger partial charge on any atom is -0.462 e. The van der Waals surface area contributed by atoms with Crippen molar-refractivity contribution in [2.75, 3.05) is 17.2 Å². The maximum Gasteiger partial charge on any atom is 0.338 e. The van der Waals surface area contributed by atoms with Crippen LogP contribution >= 0.6 is 0 Å². The standard InChI is InChI=1S/C20H16F2N4O3/c1-2-29-19(28)12-3-6-15(7-4-12)25-20-23-10-13(11-24-20)18(27)26-17-8-5-14(21)9-16(17)22/h3-11H,2H2,1H3,(H,26,27)(H,23,24,25). The van der Waals surface area contributed by atoms with Crippen LogP contribution in [0.25, 0.3) is 0 Å². The van der Waals surface area contributed by atoms with Crippen LogP contribution in [0.4, 0.5) is 26.1 Å². The third-order valence-corrected chi connectivity index (χ3v) is 3.75. The molecule has 1 heterocycles. The number of nitrogens with zero attached hydrogens (tertiary/aromatic N) is 2. The Morgan fingerprint density at radius 3 is 2.31 bits per heavy atom. The average molecular weight is 398 g/mol. The summed E-state index contributed by atoms with van der Waals surface area (Å²) >= 11 is 0.